The molecule has 1 saturated heterocycles. The normalized spacial score (nSPS) is 15.0. The van der Waals surface area contributed by atoms with Gasteiger partial charge in [0.05, 0.1) is 10.6 Å². The predicted octanol–water partition coefficient (Wildman–Crippen LogP) is 4.85. The first kappa shape index (κ1) is 20.0. The van der Waals surface area contributed by atoms with Gasteiger partial charge in [-0.2, -0.15) is 0 Å². The molecule has 0 spiro atoms. The van der Waals surface area contributed by atoms with Crippen LogP contribution in [0.3, 0.4) is 0 Å². The maximum atomic E-state index is 12.9. The quantitative estimate of drug-likeness (QED) is 0.406. The van der Waals surface area contributed by atoms with Gasteiger partial charge < -0.3 is 15.6 Å². The summed E-state index contributed by atoms with van der Waals surface area (Å²) < 4.78 is 2.08. The maximum Gasteiger partial charge on any atom is 0.263 e. The Kier molecular flexibility index (Phi) is 4.69. The van der Waals surface area contributed by atoms with Crippen LogP contribution in [0, 0.1) is 6.92 Å². The number of nitrogens with two attached hydrogens (primary N) is 1. The molecule has 8 heteroatoms. The number of hydrogen-bond donors (Lipinski definition) is 2. The van der Waals surface area contributed by atoms with Gasteiger partial charge in [0.25, 0.3) is 5.91 Å². The van der Waals surface area contributed by atoms with Crippen molar-refractivity contribution in [3.05, 3.63) is 70.4 Å². The Morgan fingerprint density at radius 1 is 1.21 bits per heavy atom. The number of nitrogen functional groups attached to an aromatic ring is 1. The van der Waals surface area contributed by atoms with Crippen LogP contribution in [-0.2, 0) is 0 Å². The number of carbonyl (C=O) groups excluding carboxylic acids is 1. The van der Waals surface area contributed by atoms with Crippen LogP contribution in [0.5, 0.6) is 0 Å². The number of carbonyl (C=O) groups is 1. The third-order valence-electron chi connectivity index (χ3n) is 6.48. The minimum atomic E-state index is 0.131. The van der Waals surface area contributed by atoms with Crippen molar-refractivity contribution >= 4 is 39.5 Å². The van der Waals surface area contributed by atoms with Crippen molar-refractivity contribution in [3.63, 3.8) is 0 Å². The number of benzene rings is 1. The van der Waals surface area contributed by atoms with Crippen LogP contribution in [-0.4, -0.2) is 43.2 Å². The molecule has 1 aliphatic heterocycles. The van der Waals surface area contributed by atoms with Crippen LogP contribution in [0.25, 0.3) is 27.8 Å². The summed E-state index contributed by atoms with van der Waals surface area (Å²) in [7, 11) is 0. The van der Waals surface area contributed by atoms with Crippen molar-refractivity contribution in [3.8, 4) is 11.4 Å². The maximum absolute atomic E-state index is 12.9. The minimum absolute atomic E-state index is 0.131. The number of likely N-dealkylation sites (tertiary alicyclic amines) is 1. The van der Waals surface area contributed by atoms with Gasteiger partial charge in [-0.25, -0.2) is 9.97 Å². The van der Waals surface area contributed by atoms with E-state index in [1.54, 1.807) is 6.20 Å². The van der Waals surface area contributed by atoms with Crippen LogP contribution in [0.2, 0.25) is 0 Å². The van der Waals surface area contributed by atoms with Gasteiger partial charge in [0.1, 0.15) is 22.9 Å². The Bertz CT molecular complexity index is 1450. The lowest BCUT2D eigenvalue weighted by molar-refractivity contribution is 0.0716. The molecule has 0 atom stereocenters. The second-order valence-corrected chi connectivity index (χ2v) is 9.59. The third-order valence-corrected chi connectivity index (χ3v) is 7.52. The lowest BCUT2D eigenvalue weighted by Gasteiger charge is -2.31. The van der Waals surface area contributed by atoms with Gasteiger partial charge in [0, 0.05) is 42.3 Å². The van der Waals surface area contributed by atoms with Gasteiger partial charge in [-0.3, -0.25) is 9.20 Å². The van der Waals surface area contributed by atoms with E-state index in [1.165, 1.54) is 11.3 Å². The van der Waals surface area contributed by atoms with Gasteiger partial charge in [-0.1, -0.05) is 18.2 Å². The molecule has 6 rings (SSSR count). The van der Waals surface area contributed by atoms with Crippen molar-refractivity contribution in [2.24, 2.45) is 0 Å². The molecular weight excluding hydrogens is 432 g/mol. The zero-order chi connectivity index (χ0) is 22.5. The molecule has 1 amide bonds. The fourth-order valence-electron chi connectivity index (χ4n) is 4.80. The molecule has 0 bridgehead atoms. The fourth-order valence-corrected chi connectivity index (χ4v) is 5.67. The first-order valence-electron chi connectivity index (χ1n) is 11.1. The molecule has 0 saturated carbocycles. The zero-order valence-electron chi connectivity index (χ0n) is 18.3. The second-order valence-electron chi connectivity index (χ2n) is 8.67. The van der Waals surface area contributed by atoms with Gasteiger partial charge in [0.15, 0.2) is 0 Å². The number of thiophene rings is 1. The number of H-pyrrole nitrogens is 1. The Morgan fingerprint density at radius 2 is 2.03 bits per heavy atom. The first-order valence-corrected chi connectivity index (χ1v) is 12.0. The summed E-state index contributed by atoms with van der Waals surface area (Å²) in [6.07, 6.45) is 5.39. The summed E-state index contributed by atoms with van der Waals surface area (Å²) in [5.41, 5.74) is 11.1. The zero-order valence-corrected chi connectivity index (χ0v) is 19.1. The van der Waals surface area contributed by atoms with Crippen molar-refractivity contribution in [1.29, 1.82) is 0 Å². The number of para-hydroxylation sites is 1. The van der Waals surface area contributed by atoms with E-state index in [-0.39, 0.29) is 11.8 Å². The molecular formula is C25H24N6OS. The van der Waals surface area contributed by atoms with Crippen LogP contribution < -0.4 is 5.73 Å². The van der Waals surface area contributed by atoms with Gasteiger partial charge >= 0.3 is 0 Å². The average Bonchev–Trinajstić information content (AvgIpc) is 3.55. The number of aromatic nitrogens is 4. The van der Waals surface area contributed by atoms with Crippen LogP contribution in [0.4, 0.5) is 5.82 Å². The molecule has 3 N–H and O–H groups in total. The van der Waals surface area contributed by atoms with E-state index < -0.39 is 0 Å². The van der Waals surface area contributed by atoms with Gasteiger partial charge in [0.2, 0.25) is 0 Å². The molecule has 166 valence electrons. The Labute approximate surface area is 194 Å². The van der Waals surface area contributed by atoms with Gasteiger partial charge in [-0.15, -0.1) is 11.3 Å². The highest BCUT2D eigenvalue weighted by atomic mass is 32.1. The molecule has 4 aromatic heterocycles. The number of nitrogens with one attached hydrogen (secondary N) is 1. The molecule has 1 fully saturated rings. The number of hydrogen-bond acceptors (Lipinski definition) is 5. The molecule has 1 aliphatic rings. The summed E-state index contributed by atoms with van der Waals surface area (Å²) >= 11 is 1.52. The van der Waals surface area contributed by atoms with E-state index in [1.807, 2.05) is 41.6 Å². The first-order chi connectivity index (χ1) is 16.1. The Morgan fingerprint density at radius 3 is 2.79 bits per heavy atom. The number of aromatic amines is 1. The molecule has 7 nitrogen and oxygen atoms in total. The number of piperidine rings is 1. The lowest BCUT2D eigenvalue weighted by Crippen LogP contribution is -2.37. The molecule has 5 heterocycles. The fraction of sp³-hybridized carbons (Fsp3) is 0.240. The largest absolute Gasteiger partial charge is 0.382 e. The van der Waals surface area contributed by atoms with E-state index in [4.69, 9.17) is 10.7 Å². The summed E-state index contributed by atoms with van der Waals surface area (Å²) in [6.45, 7) is 3.46. The predicted molar refractivity (Wildman–Crippen MR) is 132 cm³/mol. The highest BCUT2D eigenvalue weighted by Gasteiger charge is 2.29. The molecule has 0 radical (unpaired) electrons. The van der Waals surface area contributed by atoms with Crippen LogP contribution in [0.1, 0.15) is 39.8 Å². The molecule has 0 unspecified atom stereocenters. The third kappa shape index (κ3) is 3.38. The lowest BCUT2D eigenvalue weighted by atomic mass is 9.96. The number of anilines is 1. The molecule has 5 aromatic rings. The Balaban J connectivity index is 1.33. The number of amides is 1. The average molecular weight is 457 g/mol. The SMILES string of the molecule is Cc1csc(C(=O)N2CCC(c3nc(-c4cc5ccccc5[nH]4)c4c(N)nccn34)CC2)c1. The van der Waals surface area contributed by atoms with Crippen molar-refractivity contribution in [2.75, 3.05) is 18.8 Å². The highest BCUT2D eigenvalue weighted by Crippen LogP contribution is 2.35. The number of aryl methyl sites for hydroxylation is 1. The molecule has 0 aliphatic carbocycles. The summed E-state index contributed by atoms with van der Waals surface area (Å²) in [5.74, 6) is 1.82. The van der Waals surface area contributed by atoms with E-state index in [2.05, 4.69) is 32.6 Å². The minimum Gasteiger partial charge on any atom is -0.382 e. The second kappa shape index (κ2) is 7.74. The molecule has 1 aromatic carbocycles. The van der Waals surface area contributed by atoms with Crippen molar-refractivity contribution in [1.82, 2.24) is 24.3 Å². The summed E-state index contributed by atoms with van der Waals surface area (Å²) in [4.78, 5) is 28.5. The van der Waals surface area contributed by atoms with Crippen molar-refractivity contribution < 1.29 is 4.79 Å². The Hall–Kier alpha value is -3.65. The smallest absolute Gasteiger partial charge is 0.263 e. The number of nitrogens with zero attached hydrogens (tertiary/aromatic N) is 4. The number of imidazole rings is 1. The summed E-state index contributed by atoms with van der Waals surface area (Å²) in [6, 6.07) is 12.3. The monoisotopic (exact) mass is 456 g/mol. The van der Waals surface area contributed by atoms with Gasteiger partial charge in [-0.05, 0) is 48.9 Å². The van der Waals surface area contributed by atoms with E-state index >= 15 is 0 Å². The number of fused-ring (bicyclic) bond motifs is 2. The van der Waals surface area contributed by atoms with E-state index in [9.17, 15) is 4.79 Å². The van der Waals surface area contributed by atoms with E-state index in [0.717, 1.165) is 70.0 Å². The van der Waals surface area contributed by atoms with Crippen LogP contribution in [0.15, 0.2) is 54.2 Å². The number of rotatable bonds is 3. The highest BCUT2D eigenvalue weighted by molar-refractivity contribution is 7.12. The standard InChI is InChI=1S/C25H24N6OS/c1-15-12-20(33-14-15)25(32)30-9-6-16(7-10-30)24-29-21(22-23(26)27-8-11-31(22)24)19-13-17-4-2-3-5-18(17)28-19/h2-5,8,11-14,16,28H,6-7,9-10H2,1H3,(H2,26,27). The van der Waals surface area contributed by atoms with Crippen molar-refractivity contribution in [2.45, 2.75) is 25.7 Å². The van der Waals surface area contributed by atoms with E-state index in [0.29, 0.717) is 5.82 Å². The topological polar surface area (TPSA) is 92.3 Å². The molecule has 33 heavy (non-hydrogen) atoms. The summed E-state index contributed by atoms with van der Waals surface area (Å²) in [5, 5.41) is 3.16. The van der Waals surface area contributed by atoms with Crippen LogP contribution >= 0.6 is 11.3 Å².